The van der Waals surface area contributed by atoms with Gasteiger partial charge in [0.1, 0.15) is 11.4 Å². The molecule has 0 saturated carbocycles. The van der Waals surface area contributed by atoms with Crippen molar-refractivity contribution < 1.29 is 14.4 Å². The van der Waals surface area contributed by atoms with Crippen LogP contribution < -0.4 is 4.74 Å². The van der Waals surface area contributed by atoms with E-state index in [0.717, 1.165) is 11.4 Å². The van der Waals surface area contributed by atoms with Crippen molar-refractivity contribution >= 4 is 0 Å². The van der Waals surface area contributed by atoms with E-state index in [2.05, 4.69) is 21.3 Å². The molecule has 0 aliphatic rings. The minimum absolute atomic E-state index is 0.00134. The Labute approximate surface area is 169 Å². The summed E-state index contributed by atoms with van der Waals surface area (Å²) in [5.74, 6) is 2.24. The molecule has 8 nitrogen and oxygen atoms in total. The number of nitrogens with zero attached hydrogens (tertiary/aromatic N) is 5. The number of hydrogen-bond donors (Lipinski definition) is 1. The van der Waals surface area contributed by atoms with E-state index >= 15 is 0 Å². The molecule has 0 spiro atoms. The lowest BCUT2D eigenvalue weighted by Crippen LogP contribution is -2.08. The van der Waals surface area contributed by atoms with Crippen molar-refractivity contribution in [3.8, 4) is 29.0 Å². The minimum atomic E-state index is 0.00134. The first-order valence-electron chi connectivity index (χ1n) is 9.77. The largest absolute Gasteiger partial charge is 0.453 e. The van der Waals surface area contributed by atoms with E-state index in [4.69, 9.17) is 9.26 Å². The van der Waals surface area contributed by atoms with Crippen LogP contribution >= 0.6 is 0 Å². The number of aryl methyl sites for hydroxylation is 1. The zero-order chi connectivity index (χ0) is 21.0. The van der Waals surface area contributed by atoms with Gasteiger partial charge in [0, 0.05) is 11.5 Å². The SMILES string of the molecule is CCc1nn(CCO)c(CC)c1Oc1cc(C#N)cc(-c2noc(C(C)C)n2)c1. The molecule has 3 rings (SSSR count). The van der Waals surface area contributed by atoms with Gasteiger partial charge in [-0.3, -0.25) is 4.68 Å². The summed E-state index contributed by atoms with van der Waals surface area (Å²) in [6.07, 6.45) is 1.39. The number of aliphatic hydroxyl groups is 1. The van der Waals surface area contributed by atoms with Crippen LogP contribution in [0.1, 0.15) is 56.5 Å². The number of nitriles is 1. The second kappa shape index (κ2) is 8.88. The zero-order valence-corrected chi connectivity index (χ0v) is 17.1. The molecule has 3 aromatic rings. The summed E-state index contributed by atoms with van der Waals surface area (Å²) in [7, 11) is 0. The third-order valence-corrected chi connectivity index (χ3v) is 4.51. The Kier molecular flexibility index (Phi) is 6.29. The highest BCUT2D eigenvalue weighted by molar-refractivity contribution is 5.61. The summed E-state index contributed by atoms with van der Waals surface area (Å²) >= 11 is 0. The van der Waals surface area contributed by atoms with Gasteiger partial charge in [-0.2, -0.15) is 15.3 Å². The summed E-state index contributed by atoms with van der Waals surface area (Å²) in [6.45, 7) is 8.37. The van der Waals surface area contributed by atoms with Gasteiger partial charge in [-0.15, -0.1) is 0 Å². The highest BCUT2D eigenvalue weighted by atomic mass is 16.5. The van der Waals surface area contributed by atoms with Gasteiger partial charge in [-0.05, 0) is 31.0 Å². The standard InChI is InChI=1S/C21H25N5O3/c1-5-17-19(18(6-2)26(24-17)7-8-27)28-16-10-14(12-22)9-15(11-16)20-23-21(13(3)4)29-25-20/h9-11,13,27H,5-8H2,1-4H3. The quantitative estimate of drug-likeness (QED) is 0.617. The summed E-state index contributed by atoms with van der Waals surface area (Å²) in [6, 6.07) is 7.33. The first-order chi connectivity index (χ1) is 14.0. The van der Waals surface area contributed by atoms with E-state index in [1.54, 1.807) is 22.9 Å². The molecule has 0 aliphatic carbocycles. The highest BCUT2D eigenvalue weighted by Gasteiger charge is 2.19. The molecule has 8 heteroatoms. The molecule has 2 heterocycles. The number of ether oxygens (including phenoxy) is 1. The van der Waals surface area contributed by atoms with Gasteiger partial charge in [0.15, 0.2) is 5.75 Å². The van der Waals surface area contributed by atoms with Crippen LogP contribution in [0.25, 0.3) is 11.4 Å². The van der Waals surface area contributed by atoms with Crippen LogP contribution in [0.3, 0.4) is 0 Å². The Hall–Kier alpha value is -3.18. The van der Waals surface area contributed by atoms with Crippen LogP contribution in [0.5, 0.6) is 11.5 Å². The van der Waals surface area contributed by atoms with Crippen LogP contribution in [0.4, 0.5) is 0 Å². The average Bonchev–Trinajstić information content (AvgIpc) is 3.33. The van der Waals surface area contributed by atoms with Crippen molar-refractivity contribution in [3.63, 3.8) is 0 Å². The first kappa shape index (κ1) is 20.6. The fraction of sp³-hybridized carbons (Fsp3) is 0.429. The fourth-order valence-electron chi connectivity index (χ4n) is 3.06. The number of aromatic nitrogens is 4. The summed E-state index contributed by atoms with van der Waals surface area (Å²) < 4.78 is 13.3. The molecule has 0 bridgehead atoms. The van der Waals surface area contributed by atoms with Gasteiger partial charge in [-0.25, -0.2) is 0 Å². The Morgan fingerprint density at radius 3 is 2.62 bits per heavy atom. The normalized spacial score (nSPS) is 11.1. The van der Waals surface area contributed by atoms with Crippen molar-refractivity contribution in [3.05, 3.63) is 41.0 Å². The van der Waals surface area contributed by atoms with Crippen LogP contribution in [-0.2, 0) is 19.4 Å². The molecule has 2 aromatic heterocycles. The molecule has 0 unspecified atom stereocenters. The van der Waals surface area contributed by atoms with Gasteiger partial charge in [0.2, 0.25) is 11.7 Å². The number of hydrogen-bond acceptors (Lipinski definition) is 7. The lowest BCUT2D eigenvalue weighted by molar-refractivity contribution is 0.267. The smallest absolute Gasteiger partial charge is 0.229 e. The maximum absolute atomic E-state index is 9.45. The molecule has 0 fully saturated rings. The lowest BCUT2D eigenvalue weighted by Gasteiger charge is -2.10. The van der Waals surface area contributed by atoms with E-state index < -0.39 is 0 Å². The van der Waals surface area contributed by atoms with Crippen LogP contribution in [0, 0.1) is 11.3 Å². The molecule has 1 N–H and O–H groups in total. The van der Waals surface area contributed by atoms with Gasteiger partial charge < -0.3 is 14.4 Å². The third-order valence-electron chi connectivity index (χ3n) is 4.51. The van der Waals surface area contributed by atoms with E-state index in [0.29, 0.717) is 53.7 Å². The number of aliphatic hydroxyl groups excluding tert-OH is 1. The van der Waals surface area contributed by atoms with Crippen LogP contribution in [0.2, 0.25) is 0 Å². The Bertz CT molecular complexity index is 1030. The molecule has 0 radical (unpaired) electrons. The molecule has 0 atom stereocenters. The van der Waals surface area contributed by atoms with Crippen molar-refractivity contribution in [1.82, 2.24) is 19.9 Å². The van der Waals surface area contributed by atoms with Crippen LogP contribution in [-0.4, -0.2) is 31.6 Å². The molecule has 0 amide bonds. The maximum atomic E-state index is 9.45. The van der Waals surface area contributed by atoms with Crippen molar-refractivity contribution in [2.24, 2.45) is 0 Å². The predicted octanol–water partition coefficient (Wildman–Crippen LogP) is 3.84. The lowest BCUT2D eigenvalue weighted by atomic mass is 10.1. The molecule has 29 heavy (non-hydrogen) atoms. The molecule has 0 aliphatic heterocycles. The summed E-state index contributed by atoms with van der Waals surface area (Å²) in [5.41, 5.74) is 2.79. The van der Waals surface area contributed by atoms with Gasteiger partial charge in [0.25, 0.3) is 0 Å². The number of rotatable bonds is 8. The van der Waals surface area contributed by atoms with Crippen molar-refractivity contribution in [2.45, 2.75) is 53.0 Å². The second-order valence-electron chi connectivity index (χ2n) is 6.95. The van der Waals surface area contributed by atoms with Gasteiger partial charge in [-0.1, -0.05) is 32.9 Å². The Morgan fingerprint density at radius 1 is 1.24 bits per heavy atom. The predicted molar refractivity (Wildman–Crippen MR) is 107 cm³/mol. The zero-order valence-electron chi connectivity index (χ0n) is 17.1. The Morgan fingerprint density at radius 2 is 2.03 bits per heavy atom. The molecule has 152 valence electrons. The van der Waals surface area contributed by atoms with Gasteiger partial charge >= 0.3 is 0 Å². The average molecular weight is 395 g/mol. The molecular formula is C21H25N5O3. The number of benzene rings is 1. The second-order valence-corrected chi connectivity index (χ2v) is 6.95. The molecule has 0 saturated heterocycles. The van der Waals surface area contributed by atoms with Crippen molar-refractivity contribution in [2.75, 3.05) is 6.61 Å². The van der Waals surface area contributed by atoms with E-state index in [1.807, 2.05) is 27.7 Å². The maximum Gasteiger partial charge on any atom is 0.229 e. The molecule has 1 aromatic carbocycles. The minimum Gasteiger partial charge on any atom is -0.453 e. The summed E-state index contributed by atoms with van der Waals surface area (Å²) in [5, 5.41) is 27.4. The Balaban J connectivity index is 2.03. The van der Waals surface area contributed by atoms with E-state index in [1.165, 1.54) is 0 Å². The third kappa shape index (κ3) is 4.30. The topological polar surface area (TPSA) is 110 Å². The van der Waals surface area contributed by atoms with Crippen molar-refractivity contribution in [1.29, 1.82) is 5.26 Å². The van der Waals surface area contributed by atoms with E-state index in [-0.39, 0.29) is 12.5 Å². The first-order valence-corrected chi connectivity index (χ1v) is 9.77. The highest BCUT2D eigenvalue weighted by Crippen LogP contribution is 2.33. The van der Waals surface area contributed by atoms with Gasteiger partial charge in [0.05, 0.1) is 30.5 Å². The van der Waals surface area contributed by atoms with Crippen LogP contribution in [0.15, 0.2) is 22.7 Å². The monoisotopic (exact) mass is 395 g/mol. The molecular weight excluding hydrogens is 370 g/mol. The fourth-order valence-corrected chi connectivity index (χ4v) is 3.06. The summed E-state index contributed by atoms with van der Waals surface area (Å²) in [4.78, 5) is 4.41. The van der Waals surface area contributed by atoms with E-state index in [9.17, 15) is 10.4 Å².